The fourth-order valence-electron chi connectivity index (χ4n) is 9.01. The van der Waals surface area contributed by atoms with E-state index in [1.807, 2.05) is 0 Å². The molecule has 0 spiro atoms. The van der Waals surface area contributed by atoms with Crippen LogP contribution in [0.2, 0.25) is 0 Å². The molecule has 8 atom stereocenters. The van der Waals surface area contributed by atoms with Gasteiger partial charge in [-0.1, -0.05) is 79.1 Å². The predicted octanol–water partition coefficient (Wildman–Crippen LogP) is 11.2. The molecular weight excluding hydrogens is 941 g/mol. The van der Waals surface area contributed by atoms with E-state index in [1.165, 1.54) is 42.7 Å². The van der Waals surface area contributed by atoms with E-state index in [0.717, 1.165) is 38.5 Å². The number of carbonyl (C=O) groups excluding carboxylic acids is 1. The van der Waals surface area contributed by atoms with Crippen LogP contribution in [-0.2, 0) is 90.1 Å². The van der Waals surface area contributed by atoms with Gasteiger partial charge in [0.2, 0.25) is 17.4 Å². The largest absolute Gasteiger partial charge is 0.331 e. The average Bonchev–Trinajstić information content (AvgIpc) is 3.34. The van der Waals surface area contributed by atoms with Gasteiger partial charge in [0.15, 0.2) is 11.2 Å². The molecule has 432 valence electrons. The number of Topliss-reactive ketones (excluding diaryl/α,β-unsaturated/α-hetero) is 1. The zero-order valence-electron chi connectivity index (χ0n) is 49.4. The summed E-state index contributed by atoms with van der Waals surface area (Å²) in [5.41, 5.74) is -5.04. The topological polar surface area (TPSA) is 183 Å². The summed E-state index contributed by atoms with van der Waals surface area (Å²) in [5, 5.41) is 0. The summed E-state index contributed by atoms with van der Waals surface area (Å²) in [7, 11) is 8.49. The summed E-state index contributed by atoms with van der Waals surface area (Å²) in [6.45, 7) is 28.4. The number of rotatable bonds is 48. The lowest BCUT2D eigenvalue weighted by atomic mass is 9.69. The summed E-state index contributed by atoms with van der Waals surface area (Å²) in [5.74, 6) is -17.5. The first-order valence-corrected chi connectivity index (χ1v) is 26.8. The van der Waals surface area contributed by atoms with Gasteiger partial charge in [-0.3, -0.25) is 23.7 Å². The van der Waals surface area contributed by atoms with Crippen molar-refractivity contribution in [3.05, 3.63) is 0 Å². The zero-order valence-corrected chi connectivity index (χ0v) is 49.4. The third kappa shape index (κ3) is 19.1. The fraction of sp³-hybridized carbons (Fsp3) is 0.981. The molecule has 8 unspecified atom stereocenters. The van der Waals surface area contributed by atoms with Crippen LogP contribution in [0.3, 0.4) is 0 Å². The fourth-order valence-corrected chi connectivity index (χ4v) is 9.01. The van der Waals surface area contributed by atoms with Crippen molar-refractivity contribution >= 4 is 5.78 Å². The molecule has 0 aromatic heterocycles. The molecule has 0 heterocycles. The zero-order chi connectivity index (χ0) is 55.4. The molecule has 0 radical (unpaired) electrons. The van der Waals surface area contributed by atoms with E-state index in [9.17, 15) is 0 Å². The minimum absolute atomic E-state index is 0.0735. The Hall–Kier alpha value is -1.05. The monoisotopic (exact) mass is 1050 g/mol. The maximum absolute atomic E-state index is 18.1. The summed E-state index contributed by atoms with van der Waals surface area (Å²) in [6.07, 6.45) is 7.00. The minimum Gasteiger partial charge on any atom is -0.331 e. The molecule has 19 nitrogen and oxygen atoms in total. The Kier molecular flexibility index (Phi) is 32.8. The van der Waals surface area contributed by atoms with Crippen LogP contribution >= 0.6 is 0 Å². The van der Waals surface area contributed by atoms with Crippen molar-refractivity contribution in [2.45, 2.75) is 259 Å². The summed E-state index contributed by atoms with van der Waals surface area (Å²) in [6, 6.07) is 0. The van der Waals surface area contributed by atoms with Gasteiger partial charge >= 0.3 is 0 Å². The lowest BCUT2D eigenvalue weighted by molar-refractivity contribution is -0.540. The molecule has 0 aliphatic heterocycles. The molecule has 0 aliphatic carbocycles. The van der Waals surface area contributed by atoms with Gasteiger partial charge < -0.3 is 66.3 Å². The van der Waals surface area contributed by atoms with Crippen molar-refractivity contribution in [2.24, 2.45) is 0 Å². The molecule has 0 aromatic rings. The molecule has 0 aliphatic rings. The Balaban J connectivity index is 10.5. The second-order valence-electron chi connectivity index (χ2n) is 18.1. The number of carbonyl (C=O) groups is 1. The van der Waals surface area contributed by atoms with Crippen molar-refractivity contribution in [3.63, 3.8) is 0 Å². The van der Waals surface area contributed by atoms with Crippen LogP contribution in [0.25, 0.3) is 0 Å². The van der Waals surface area contributed by atoms with E-state index in [4.69, 9.17) is 85.3 Å². The highest BCUT2D eigenvalue weighted by atomic mass is 17.0. The number of ketones is 1. The van der Waals surface area contributed by atoms with E-state index >= 15 is 4.79 Å². The van der Waals surface area contributed by atoms with Crippen LogP contribution in [0.15, 0.2) is 0 Å². The lowest BCUT2D eigenvalue weighted by Crippen LogP contribution is -2.79. The third-order valence-electron chi connectivity index (χ3n) is 13.0. The Morgan fingerprint density at radius 3 is 0.694 bits per heavy atom. The number of hydrogen-bond acceptors (Lipinski definition) is 19. The summed E-state index contributed by atoms with van der Waals surface area (Å²) in [4.78, 5) is 18.1. The van der Waals surface area contributed by atoms with E-state index in [0.29, 0.717) is 25.7 Å². The normalized spacial score (nSPS) is 20.9. The van der Waals surface area contributed by atoms with Crippen molar-refractivity contribution in [1.29, 1.82) is 0 Å². The first-order valence-electron chi connectivity index (χ1n) is 26.8. The van der Waals surface area contributed by atoms with E-state index in [2.05, 4.69) is 13.8 Å². The number of hydrogen-bond donors (Lipinski definition) is 0. The average molecular weight is 1050 g/mol. The standard InChI is InChI=1S/C53H106O19/c1-23-33-35-37-39-41-52(69-46(13,57-19)63-29-7,70-47(14,58-20)64-30-8)50(25-3,67-44(11,55-17)61-27-5)43(54)51(26-4,68-45(12,56-18)62-28-6)53(42-40-38-36-34-24-2,71-48(15,59-21)65-31-9)72-49(16,60-22)66-32-10/h23-42H2,1-22H3. The molecule has 0 aromatic carbocycles. The van der Waals surface area contributed by atoms with Crippen LogP contribution in [0.1, 0.15) is 201 Å². The van der Waals surface area contributed by atoms with Crippen molar-refractivity contribution < 1.29 is 90.1 Å². The third-order valence-corrected chi connectivity index (χ3v) is 13.0. The van der Waals surface area contributed by atoms with Gasteiger partial charge in [0, 0.05) is 137 Å². The van der Waals surface area contributed by atoms with Crippen LogP contribution < -0.4 is 0 Å². The van der Waals surface area contributed by atoms with E-state index in [1.54, 1.807) is 96.9 Å². The molecule has 0 amide bonds. The van der Waals surface area contributed by atoms with Gasteiger partial charge in [0.1, 0.15) is 0 Å². The van der Waals surface area contributed by atoms with Crippen LogP contribution in [-0.4, -0.2) is 147 Å². The maximum atomic E-state index is 18.1. The Labute approximate surface area is 436 Å². The molecule has 0 bridgehead atoms. The number of ether oxygens (including phenoxy) is 18. The molecule has 0 saturated carbocycles. The highest BCUT2D eigenvalue weighted by Gasteiger charge is 2.76. The molecule has 72 heavy (non-hydrogen) atoms. The Morgan fingerprint density at radius 2 is 0.514 bits per heavy atom. The first-order chi connectivity index (χ1) is 33.9. The lowest BCUT2D eigenvalue weighted by Gasteiger charge is -2.59. The Morgan fingerprint density at radius 1 is 0.306 bits per heavy atom. The number of methoxy groups -OCH3 is 6. The minimum atomic E-state index is -2.52. The quantitative estimate of drug-likeness (QED) is 0.0414. The molecule has 19 heteroatoms. The van der Waals surface area contributed by atoms with Crippen molar-refractivity contribution in [1.82, 2.24) is 0 Å². The molecular formula is C53H106O19. The van der Waals surface area contributed by atoms with Crippen LogP contribution in [0.5, 0.6) is 0 Å². The molecule has 0 fully saturated rings. The first kappa shape index (κ1) is 71.0. The second kappa shape index (κ2) is 33.3. The van der Waals surface area contributed by atoms with Gasteiger partial charge in [0.25, 0.3) is 35.8 Å². The molecule has 0 N–H and O–H groups in total. The highest BCUT2D eigenvalue weighted by molar-refractivity contribution is 5.97. The van der Waals surface area contributed by atoms with Gasteiger partial charge in [-0.15, -0.1) is 0 Å². The van der Waals surface area contributed by atoms with Gasteiger partial charge in [0.05, 0.1) is 0 Å². The second-order valence-corrected chi connectivity index (χ2v) is 18.1. The van der Waals surface area contributed by atoms with Gasteiger partial charge in [-0.25, -0.2) is 0 Å². The van der Waals surface area contributed by atoms with E-state index in [-0.39, 0.29) is 65.3 Å². The van der Waals surface area contributed by atoms with Gasteiger partial charge in [-0.2, -0.15) is 0 Å². The van der Waals surface area contributed by atoms with E-state index < -0.39 is 64.4 Å². The highest BCUT2D eigenvalue weighted by Crippen LogP contribution is 2.55. The summed E-state index contributed by atoms with van der Waals surface area (Å²) < 4.78 is 119. The molecule has 0 rings (SSSR count). The number of unbranched alkanes of at least 4 members (excludes halogenated alkanes) is 8. The van der Waals surface area contributed by atoms with Crippen LogP contribution in [0.4, 0.5) is 0 Å². The molecule has 0 saturated heterocycles. The van der Waals surface area contributed by atoms with Crippen molar-refractivity contribution in [2.75, 3.05) is 82.3 Å². The Bertz CT molecular complexity index is 1300. The van der Waals surface area contributed by atoms with Crippen molar-refractivity contribution in [3.8, 4) is 0 Å². The summed E-state index contributed by atoms with van der Waals surface area (Å²) >= 11 is 0. The SMILES string of the molecule is CCCCCCCC(OC(C)(OC)OCC)(OC(C)(OC)OCC)C(CC)(OC(C)(OC)OCC)C(=O)C(CC)(OC(C)(OC)OCC)C(CCCCCCC)(OC(C)(OC)OCC)OC(C)(OC)OCC. The van der Waals surface area contributed by atoms with Gasteiger partial charge in [-0.05, 0) is 67.2 Å². The smallest absolute Gasteiger partial charge is 0.282 e. The maximum Gasteiger partial charge on any atom is 0.282 e. The van der Waals surface area contributed by atoms with Crippen LogP contribution in [0, 0.1) is 0 Å². The predicted molar refractivity (Wildman–Crippen MR) is 272 cm³/mol.